The fourth-order valence-electron chi connectivity index (χ4n) is 1.53. The highest BCUT2D eigenvalue weighted by atomic mass is 32.1. The zero-order valence-electron chi connectivity index (χ0n) is 10.7. The molecule has 1 heterocycles. The van der Waals surface area contributed by atoms with Gasteiger partial charge in [0, 0.05) is 5.38 Å². The van der Waals surface area contributed by atoms with E-state index < -0.39 is 5.82 Å². The van der Waals surface area contributed by atoms with E-state index in [0.717, 1.165) is 5.01 Å². The SMILES string of the molecule is Cc1nc(C(=O)Nc2ccc(F)cc2C#CCN)cs1. The third-order valence-corrected chi connectivity index (χ3v) is 3.18. The Morgan fingerprint density at radius 2 is 2.35 bits per heavy atom. The Balaban J connectivity index is 2.26. The Hall–Kier alpha value is -2.23. The van der Waals surface area contributed by atoms with Gasteiger partial charge < -0.3 is 11.1 Å². The number of aryl methyl sites for hydroxylation is 1. The van der Waals surface area contributed by atoms with Crippen LogP contribution in [0.15, 0.2) is 23.6 Å². The van der Waals surface area contributed by atoms with Gasteiger partial charge in [0.25, 0.3) is 5.91 Å². The zero-order valence-corrected chi connectivity index (χ0v) is 11.6. The molecule has 0 radical (unpaired) electrons. The summed E-state index contributed by atoms with van der Waals surface area (Å²) in [4.78, 5) is 16.1. The van der Waals surface area contributed by atoms with Gasteiger partial charge in [0.1, 0.15) is 11.5 Å². The Morgan fingerprint density at radius 1 is 1.55 bits per heavy atom. The Kier molecular flexibility index (Phi) is 4.45. The Labute approximate surface area is 119 Å². The number of nitrogens with one attached hydrogen (secondary N) is 1. The first-order chi connectivity index (χ1) is 9.60. The summed E-state index contributed by atoms with van der Waals surface area (Å²) in [7, 11) is 0. The molecule has 3 N–H and O–H groups in total. The van der Waals surface area contributed by atoms with Gasteiger partial charge in [-0.05, 0) is 25.1 Å². The lowest BCUT2D eigenvalue weighted by Crippen LogP contribution is -2.13. The minimum atomic E-state index is -0.422. The third kappa shape index (κ3) is 3.41. The van der Waals surface area contributed by atoms with E-state index in [1.54, 1.807) is 5.38 Å². The lowest BCUT2D eigenvalue weighted by molar-refractivity contribution is 0.102. The number of hydrogen-bond donors (Lipinski definition) is 2. The van der Waals surface area contributed by atoms with Crippen LogP contribution in [-0.2, 0) is 0 Å². The Morgan fingerprint density at radius 3 is 3.00 bits per heavy atom. The van der Waals surface area contributed by atoms with E-state index in [1.807, 2.05) is 6.92 Å². The summed E-state index contributed by atoms with van der Waals surface area (Å²) in [5.74, 6) is 4.59. The molecule has 20 heavy (non-hydrogen) atoms. The van der Waals surface area contributed by atoms with Crippen LogP contribution in [0, 0.1) is 24.6 Å². The molecule has 0 aliphatic heterocycles. The summed E-state index contributed by atoms with van der Waals surface area (Å²) >= 11 is 1.39. The van der Waals surface area contributed by atoms with Crippen LogP contribution in [0.1, 0.15) is 21.1 Å². The van der Waals surface area contributed by atoms with E-state index in [-0.39, 0.29) is 12.5 Å². The van der Waals surface area contributed by atoms with Crippen molar-refractivity contribution >= 4 is 22.9 Å². The summed E-state index contributed by atoms with van der Waals surface area (Å²) < 4.78 is 13.2. The number of halogens is 1. The van der Waals surface area contributed by atoms with Crippen molar-refractivity contribution < 1.29 is 9.18 Å². The molecule has 1 amide bonds. The second-order valence-corrected chi connectivity index (χ2v) is 4.96. The van der Waals surface area contributed by atoms with Gasteiger partial charge in [-0.1, -0.05) is 11.8 Å². The first-order valence-electron chi connectivity index (χ1n) is 5.82. The number of amides is 1. The van der Waals surface area contributed by atoms with E-state index in [1.165, 1.54) is 29.5 Å². The smallest absolute Gasteiger partial charge is 0.275 e. The van der Waals surface area contributed by atoms with Crippen molar-refractivity contribution in [2.45, 2.75) is 6.92 Å². The quantitative estimate of drug-likeness (QED) is 0.832. The average Bonchev–Trinajstić information content (AvgIpc) is 2.85. The van der Waals surface area contributed by atoms with Crippen LogP contribution in [0.2, 0.25) is 0 Å². The summed E-state index contributed by atoms with van der Waals surface area (Å²) in [6.07, 6.45) is 0. The average molecular weight is 289 g/mol. The lowest BCUT2D eigenvalue weighted by Gasteiger charge is -2.06. The second-order valence-electron chi connectivity index (χ2n) is 3.90. The molecule has 1 aromatic heterocycles. The lowest BCUT2D eigenvalue weighted by atomic mass is 10.1. The molecule has 1 aromatic carbocycles. The van der Waals surface area contributed by atoms with Gasteiger partial charge in [-0.3, -0.25) is 4.79 Å². The van der Waals surface area contributed by atoms with Crippen molar-refractivity contribution in [2.75, 3.05) is 11.9 Å². The van der Waals surface area contributed by atoms with E-state index in [4.69, 9.17) is 5.73 Å². The number of thiazole rings is 1. The van der Waals surface area contributed by atoms with Gasteiger partial charge in [0.05, 0.1) is 22.8 Å². The molecule has 2 aromatic rings. The number of nitrogens with zero attached hydrogens (tertiary/aromatic N) is 1. The molecule has 0 aliphatic rings. The van der Waals surface area contributed by atoms with E-state index in [2.05, 4.69) is 22.1 Å². The second kappa shape index (κ2) is 6.28. The largest absolute Gasteiger partial charge is 0.320 e. The van der Waals surface area contributed by atoms with Crippen molar-refractivity contribution in [3.05, 3.63) is 45.7 Å². The van der Waals surface area contributed by atoms with Crippen LogP contribution in [0.5, 0.6) is 0 Å². The number of benzene rings is 1. The molecule has 0 saturated carbocycles. The maximum atomic E-state index is 13.2. The van der Waals surface area contributed by atoms with Crippen LogP contribution in [0.4, 0.5) is 10.1 Å². The van der Waals surface area contributed by atoms with E-state index >= 15 is 0 Å². The standard InChI is InChI=1S/C14H12FN3OS/c1-9-17-13(8-20-9)14(19)18-12-5-4-11(15)7-10(12)3-2-6-16/h4-5,7-8H,6,16H2,1H3,(H,18,19). The first kappa shape index (κ1) is 14.2. The number of anilines is 1. The fourth-order valence-corrected chi connectivity index (χ4v) is 2.12. The monoisotopic (exact) mass is 289 g/mol. The van der Waals surface area contributed by atoms with Crippen molar-refractivity contribution in [3.63, 3.8) is 0 Å². The molecule has 102 valence electrons. The van der Waals surface area contributed by atoms with Gasteiger partial charge in [0.15, 0.2) is 0 Å². The molecule has 0 spiro atoms. The molecule has 4 nitrogen and oxygen atoms in total. The summed E-state index contributed by atoms with van der Waals surface area (Å²) in [6.45, 7) is 1.98. The summed E-state index contributed by atoms with van der Waals surface area (Å²) in [6, 6.07) is 3.98. The molecule has 2 rings (SSSR count). The first-order valence-corrected chi connectivity index (χ1v) is 6.70. The van der Waals surface area contributed by atoms with Gasteiger partial charge in [0.2, 0.25) is 0 Å². The zero-order chi connectivity index (χ0) is 14.5. The molecule has 0 aliphatic carbocycles. The Bertz CT molecular complexity index is 700. The van der Waals surface area contributed by atoms with Gasteiger partial charge in [-0.25, -0.2) is 9.37 Å². The van der Waals surface area contributed by atoms with E-state index in [9.17, 15) is 9.18 Å². The highest BCUT2D eigenvalue weighted by Gasteiger charge is 2.11. The number of nitrogens with two attached hydrogens (primary N) is 1. The van der Waals surface area contributed by atoms with Crippen LogP contribution in [0.3, 0.4) is 0 Å². The molecule has 0 saturated heterocycles. The maximum absolute atomic E-state index is 13.2. The van der Waals surface area contributed by atoms with Crippen LogP contribution >= 0.6 is 11.3 Å². The number of carbonyl (C=O) groups excluding carboxylic acids is 1. The summed E-state index contributed by atoms with van der Waals surface area (Å²) in [5.41, 5.74) is 6.44. The normalized spacial score (nSPS) is 9.75. The minimum Gasteiger partial charge on any atom is -0.320 e. The highest BCUT2D eigenvalue weighted by molar-refractivity contribution is 7.09. The molecule has 0 bridgehead atoms. The van der Waals surface area contributed by atoms with Crippen LogP contribution < -0.4 is 11.1 Å². The number of hydrogen-bond acceptors (Lipinski definition) is 4. The van der Waals surface area contributed by atoms with Gasteiger partial charge in [-0.2, -0.15) is 0 Å². The molecule has 0 fully saturated rings. The predicted octanol–water partition coefficient (Wildman–Crippen LogP) is 2.15. The molecule has 0 unspecified atom stereocenters. The van der Waals surface area contributed by atoms with Gasteiger partial charge >= 0.3 is 0 Å². The number of aromatic nitrogens is 1. The fraction of sp³-hybridized carbons (Fsp3) is 0.143. The van der Waals surface area contributed by atoms with Crippen LogP contribution in [0.25, 0.3) is 0 Å². The van der Waals surface area contributed by atoms with Crippen molar-refractivity contribution in [2.24, 2.45) is 5.73 Å². The van der Waals surface area contributed by atoms with Crippen molar-refractivity contribution in [1.82, 2.24) is 4.98 Å². The van der Waals surface area contributed by atoms with Crippen LogP contribution in [-0.4, -0.2) is 17.4 Å². The van der Waals surface area contributed by atoms with Crippen molar-refractivity contribution in [3.8, 4) is 11.8 Å². The van der Waals surface area contributed by atoms with Crippen molar-refractivity contribution in [1.29, 1.82) is 0 Å². The molecular weight excluding hydrogens is 277 g/mol. The predicted molar refractivity (Wildman–Crippen MR) is 77.1 cm³/mol. The topological polar surface area (TPSA) is 68.0 Å². The number of carbonyl (C=O) groups is 1. The van der Waals surface area contributed by atoms with E-state index in [0.29, 0.717) is 16.9 Å². The third-order valence-electron chi connectivity index (χ3n) is 2.41. The summed E-state index contributed by atoms with van der Waals surface area (Å²) in [5, 5.41) is 5.14. The molecule has 0 atom stereocenters. The molecular formula is C14H12FN3OS. The minimum absolute atomic E-state index is 0.162. The molecule has 6 heteroatoms. The maximum Gasteiger partial charge on any atom is 0.275 e. The van der Waals surface area contributed by atoms with Gasteiger partial charge in [-0.15, -0.1) is 11.3 Å². The number of rotatable bonds is 2. The highest BCUT2D eigenvalue weighted by Crippen LogP contribution is 2.17.